The van der Waals surface area contributed by atoms with Crippen LogP contribution >= 0.6 is 11.8 Å². The third kappa shape index (κ3) is 5.95. The summed E-state index contributed by atoms with van der Waals surface area (Å²) in [6.45, 7) is 3.30. The topological polar surface area (TPSA) is 72.9 Å². The molecule has 3 rings (SSSR count). The van der Waals surface area contributed by atoms with E-state index in [1.54, 1.807) is 55.5 Å². The second kappa shape index (κ2) is 10.3. The van der Waals surface area contributed by atoms with E-state index in [4.69, 9.17) is 9.47 Å². The van der Waals surface area contributed by atoms with E-state index < -0.39 is 23.7 Å². The molecule has 1 aliphatic rings. The fourth-order valence-corrected chi connectivity index (χ4v) is 3.54. The maximum Gasteiger partial charge on any atom is 0.326 e. The minimum atomic E-state index is -0.616. The molecule has 0 spiro atoms. The lowest BCUT2D eigenvalue weighted by molar-refractivity contribution is -0.150. The second-order valence-corrected chi connectivity index (χ2v) is 7.92. The van der Waals surface area contributed by atoms with Crippen molar-refractivity contribution in [3.63, 3.8) is 0 Å². The van der Waals surface area contributed by atoms with Crippen LogP contribution in [0.3, 0.4) is 0 Å². The number of amides is 2. The molecule has 1 fully saturated rings. The first-order valence-corrected chi connectivity index (χ1v) is 10.6. The second-order valence-electron chi connectivity index (χ2n) is 6.93. The molecule has 162 valence electrons. The van der Waals surface area contributed by atoms with Gasteiger partial charge >= 0.3 is 5.97 Å². The molecular weight excluding hydrogens is 421 g/mol. The molecule has 0 aromatic heterocycles. The Morgan fingerprint density at radius 2 is 1.87 bits per heavy atom. The number of nitrogens with zero attached hydrogens (tertiary/aromatic N) is 1. The van der Waals surface area contributed by atoms with E-state index in [1.807, 2.05) is 6.92 Å². The molecule has 6 nitrogen and oxygen atoms in total. The van der Waals surface area contributed by atoms with Crippen LogP contribution in [0.4, 0.5) is 9.18 Å². The summed E-state index contributed by atoms with van der Waals surface area (Å²) < 4.78 is 24.4. The molecule has 0 bridgehead atoms. The Labute approximate surface area is 184 Å². The Balaban J connectivity index is 1.61. The first kappa shape index (κ1) is 22.6. The predicted octanol–water partition coefficient (Wildman–Crippen LogP) is 4.78. The fourth-order valence-electron chi connectivity index (χ4n) is 2.70. The van der Waals surface area contributed by atoms with E-state index in [9.17, 15) is 18.8 Å². The normalized spacial score (nSPS) is 16.0. The Kier molecular flexibility index (Phi) is 7.46. The molecular formula is C23H22FNO5S. The van der Waals surface area contributed by atoms with Gasteiger partial charge < -0.3 is 9.47 Å². The third-order valence-corrected chi connectivity index (χ3v) is 5.51. The van der Waals surface area contributed by atoms with Crippen molar-refractivity contribution >= 4 is 35.0 Å². The highest BCUT2D eigenvalue weighted by atomic mass is 32.2. The van der Waals surface area contributed by atoms with Gasteiger partial charge in [-0.05, 0) is 54.9 Å². The Morgan fingerprint density at radius 3 is 2.55 bits per heavy atom. The van der Waals surface area contributed by atoms with Gasteiger partial charge in [-0.25, -0.2) is 4.39 Å². The SMILES string of the molecule is CC[C@H](C)OC(=O)CN1C(=O)S/C(=C/c2ccc(OCc3ccccc3F)cc2)C1=O. The molecule has 1 saturated heterocycles. The molecule has 1 aliphatic heterocycles. The minimum Gasteiger partial charge on any atom is -0.489 e. The fraction of sp³-hybridized carbons (Fsp3) is 0.261. The van der Waals surface area contributed by atoms with Gasteiger partial charge in [-0.2, -0.15) is 0 Å². The van der Waals surface area contributed by atoms with E-state index in [1.165, 1.54) is 6.07 Å². The molecule has 2 amide bonds. The van der Waals surface area contributed by atoms with Crippen molar-refractivity contribution in [3.05, 3.63) is 70.4 Å². The number of hydrogen-bond donors (Lipinski definition) is 0. The lowest BCUT2D eigenvalue weighted by atomic mass is 10.2. The maximum atomic E-state index is 13.7. The summed E-state index contributed by atoms with van der Waals surface area (Å²) in [5.74, 6) is -0.936. The molecule has 8 heteroatoms. The third-order valence-electron chi connectivity index (χ3n) is 4.60. The van der Waals surface area contributed by atoms with Gasteiger partial charge in [0.2, 0.25) is 0 Å². The smallest absolute Gasteiger partial charge is 0.326 e. The summed E-state index contributed by atoms with van der Waals surface area (Å²) in [4.78, 5) is 37.7. The van der Waals surface area contributed by atoms with Crippen LogP contribution in [0.1, 0.15) is 31.4 Å². The average Bonchev–Trinajstić information content (AvgIpc) is 3.01. The predicted molar refractivity (Wildman–Crippen MR) is 116 cm³/mol. The zero-order valence-corrected chi connectivity index (χ0v) is 18.0. The quantitative estimate of drug-likeness (QED) is 0.432. The van der Waals surface area contributed by atoms with Crippen molar-refractivity contribution in [2.24, 2.45) is 0 Å². The van der Waals surface area contributed by atoms with Crippen molar-refractivity contribution in [2.75, 3.05) is 6.54 Å². The van der Waals surface area contributed by atoms with Gasteiger partial charge in [0, 0.05) is 5.56 Å². The molecule has 2 aromatic carbocycles. The number of carbonyl (C=O) groups is 3. The van der Waals surface area contributed by atoms with Crippen LogP contribution in [0.15, 0.2) is 53.4 Å². The van der Waals surface area contributed by atoms with Crippen LogP contribution in [0.2, 0.25) is 0 Å². The average molecular weight is 443 g/mol. The van der Waals surface area contributed by atoms with Crippen molar-refractivity contribution in [1.82, 2.24) is 4.90 Å². The van der Waals surface area contributed by atoms with Crippen LogP contribution in [0.5, 0.6) is 5.75 Å². The first-order valence-electron chi connectivity index (χ1n) is 9.78. The highest BCUT2D eigenvalue weighted by Gasteiger charge is 2.36. The Hall–Kier alpha value is -3.13. The largest absolute Gasteiger partial charge is 0.489 e. The first-order chi connectivity index (χ1) is 14.9. The summed E-state index contributed by atoms with van der Waals surface area (Å²) in [6, 6.07) is 13.2. The number of imide groups is 1. The molecule has 0 radical (unpaired) electrons. The molecule has 2 aromatic rings. The maximum absolute atomic E-state index is 13.7. The Bertz CT molecular complexity index is 1010. The van der Waals surface area contributed by atoms with Gasteiger partial charge in [-0.3, -0.25) is 19.3 Å². The summed E-state index contributed by atoms with van der Waals surface area (Å²) in [6.07, 6.45) is 1.95. The number of hydrogen-bond acceptors (Lipinski definition) is 6. The summed E-state index contributed by atoms with van der Waals surface area (Å²) >= 11 is 0.774. The van der Waals surface area contributed by atoms with Crippen LogP contribution in [0, 0.1) is 5.82 Å². The van der Waals surface area contributed by atoms with E-state index in [0.29, 0.717) is 23.3 Å². The van der Waals surface area contributed by atoms with Crippen molar-refractivity contribution in [3.8, 4) is 5.75 Å². The zero-order chi connectivity index (χ0) is 22.4. The Morgan fingerprint density at radius 1 is 1.16 bits per heavy atom. The van der Waals surface area contributed by atoms with Crippen LogP contribution < -0.4 is 4.74 Å². The van der Waals surface area contributed by atoms with Crippen molar-refractivity contribution in [1.29, 1.82) is 0 Å². The van der Waals surface area contributed by atoms with Gasteiger partial charge in [-0.15, -0.1) is 0 Å². The van der Waals surface area contributed by atoms with Gasteiger partial charge in [0.1, 0.15) is 24.7 Å². The minimum absolute atomic E-state index is 0.0949. The molecule has 0 aliphatic carbocycles. The van der Waals surface area contributed by atoms with E-state index in [-0.39, 0.29) is 23.4 Å². The van der Waals surface area contributed by atoms with Crippen LogP contribution in [-0.4, -0.2) is 34.7 Å². The molecule has 0 N–H and O–H groups in total. The number of ether oxygens (including phenoxy) is 2. The van der Waals surface area contributed by atoms with Crippen LogP contribution in [0.25, 0.3) is 6.08 Å². The molecule has 0 saturated carbocycles. The van der Waals surface area contributed by atoms with Gasteiger partial charge in [-0.1, -0.05) is 37.3 Å². The molecule has 1 heterocycles. The van der Waals surface area contributed by atoms with Gasteiger partial charge in [0.25, 0.3) is 11.1 Å². The number of benzene rings is 2. The lowest BCUT2D eigenvalue weighted by Crippen LogP contribution is -2.35. The van der Waals surface area contributed by atoms with Gasteiger partial charge in [0.15, 0.2) is 0 Å². The van der Waals surface area contributed by atoms with E-state index in [0.717, 1.165) is 16.7 Å². The number of thioether (sulfide) groups is 1. The summed E-state index contributed by atoms with van der Waals surface area (Å²) in [5, 5.41) is -0.512. The number of rotatable bonds is 8. The summed E-state index contributed by atoms with van der Waals surface area (Å²) in [7, 11) is 0. The molecule has 1 atom stereocenters. The molecule has 0 unspecified atom stereocenters. The van der Waals surface area contributed by atoms with E-state index in [2.05, 4.69) is 0 Å². The van der Waals surface area contributed by atoms with Crippen molar-refractivity contribution < 1.29 is 28.2 Å². The number of carbonyl (C=O) groups excluding carboxylic acids is 3. The standard InChI is InChI=1S/C23H22FNO5S/c1-3-15(2)30-21(26)13-25-22(27)20(31-23(25)28)12-16-8-10-18(11-9-16)29-14-17-6-4-5-7-19(17)24/h4-12,15H,3,13-14H2,1-2H3/b20-12+/t15-/m0/s1. The lowest BCUT2D eigenvalue weighted by Gasteiger charge is -2.14. The van der Waals surface area contributed by atoms with Crippen LogP contribution in [-0.2, 0) is 20.9 Å². The number of esters is 1. The summed E-state index contributed by atoms with van der Waals surface area (Å²) in [5.41, 5.74) is 1.14. The zero-order valence-electron chi connectivity index (χ0n) is 17.2. The molecule has 31 heavy (non-hydrogen) atoms. The van der Waals surface area contributed by atoms with E-state index >= 15 is 0 Å². The van der Waals surface area contributed by atoms with Crippen molar-refractivity contribution in [2.45, 2.75) is 33.0 Å². The monoisotopic (exact) mass is 443 g/mol. The number of halogens is 1. The highest BCUT2D eigenvalue weighted by molar-refractivity contribution is 8.18. The highest BCUT2D eigenvalue weighted by Crippen LogP contribution is 2.32. The van der Waals surface area contributed by atoms with Gasteiger partial charge in [0.05, 0.1) is 11.0 Å².